The Hall–Kier alpha value is -1.55. The van der Waals surface area contributed by atoms with Gasteiger partial charge in [-0.15, -0.1) is 0 Å². The number of likely N-dealkylation sites (tertiary alicyclic amines) is 1. The van der Waals surface area contributed by atoms with Crippen molar-refractivity contribution in [1.29, 1.82) is 0 Å². The SMILES string of the molecule is CCCN1CCC2=NNC(c3ccc(OCC(C)C)cc3)C2C1. The molecule has 0 amide bonds. The number of hydrogen-bond acceptors (Lipinski definition) is 4. The van der Waals surface area contributed by atoms with Crippen LogP contribution in [-0.2, 0) is 0 Å². The number of benzene rings is 1. The van der Waals surface area contributed by atoms with Gasteiger partial charge in [0.25, 0.3) is 0 Å². The fourth-order valence-corrected chi connectivity index (χ4v) is 3.47. The van der Waals surface area contributed by atoms with Crippen molar-refractivity contribution < 1.29 is 4.74 Å². The van der Waals surface area contributed by atoms with Crippen LogP contribution < -0.4 is 10.2 Å². The van der Waals surface area contributed by atoms with Crippen LogP contribution in [0.4, 0.5) is 0 Å². The van der Waals surface area contributed by atoms with Gasteiger partial charge in [0.15, 0.2) is 0 Å². The molecule has 2 heterocycles. The van der Waals surface area contributed by atoms with Gasteiger partial charge in [0.05, 0.1) is 12.6 Å². The van der Waals surface area contributed by atoms with Crippen molar-refractivity contribution in [2.24, 2.45) is 16.9 Å². The van der Waals surface area contributed by atoms with E-state index >= 15 is 0 Å². The highest BCUT2D eigenvalue weighted by Crippen LogP contribution is 2.33. The van der Waals surface area contributed by atoms with Crippen LogP contribution in [-0.4, -0.2) is 36.9 Å². The Morgan fingerprint density at radius 1 is 1.30 bits per heavy atom. The predicted octanol–water partition coefficient (Wildman–Crippen LogP) is 3.45. The van der Waals surface area contributed by atoms with Gasteiger partial charge in [0.1, 0.15) is 5.75 Å². The number of nitrogens with one attached hydrogen (secondary N) is 1. The van der Waals surface area contributed by atoms with E-state index in [4.69, 9.17) is 4.74 Å². The maximum atomic E-state index is 5.78. The third kappa shape index (κ3) is 3.86. The smallest absolute Gasteiger partial charge is 0.119 e. The molecule has 2 atom stereocenters. The number of rotatable bonds is 6. The first-order chi connectivity index (χ1) is 11.2. The van der Waals surface area contributed by atoms with Gasteiger partial charge in [0, 0.05) is 31.1 Å². The van der Waals surface area contributed by atoms with Crippen LogP contribution in [0.25, 0.3) is 0 Å². The highest BCUT2D eigenvalue weighted by molar-refractivity contribution is 5.89. The van der Waals surface area contributed by atoms with Crippen LogP contribution in [0.3, 0.4) is 0 Å². The van der Waals surface area contributed by atoms with Crippen molar-refractivity contribution >= 4 is 5.71 Å². The standard InChI is InChI=1S/C19H29N3O/c1-4-10-22-11-9-18-17(12-22)19(21-20-18)15-5-7-16(8-6-15)23-13-14(2)3/h5-8,14,17,19,21H,4,9-13H2,1-3H3. The molecule has 4 nitrogen and oxygen atoms in total. The van der Waals surface area contributed by atoms with Crippen molar-refractivity contribution in [2.45, 2.75) is 39.7 Å². The lowest BCUT2D eigenvalue weighted by Crippen LogP contribution is -2.42. The Morgan fingerprint density at radius 3 is 2.78 bits per heavy atom. The zero-order chi connectivity index (χ0) is 16.2. The van der Waals surface area contributed by atoms with Crippen molar-refractivity contribution in [3.63, 3.8) is 0 Å². The maximum absolute atomic E-state index is 5.78. The quantitative estimate of drug-likeness (QED) is 0.873. The Bertz CT molecular complexity index is 538. The molecule has 0 radical (unpaired) electrons. The topological polar surface area (TPSA) is 36.9 Å². The number of nitrogens with zero attached hydrogens (tertiary/aromatic N) is 2. The maximum Gasteiger partial charge on any atom is 0.119 e. The predicted molar refractivity (Wildman–Crippen MR) is 94.9 cm³/mol. The van der Waals surface area contributed by atoms with Crippen LogP contribution in [0, 0.1) is 11.8 Å². The molecule has 0 spiro atoms. The van der Waals surface area contributed by atoms with Crippen LogP contribution in [0.15, 0.2) is 29.4 Å². The van der Waals surface area contributed by atoms with Gasteiger partial charge in [0.2, 0.25) is 0 Å². The summed E-state index contributed by atoms with van der Waals surface area (Å²) in [6, 6.07) is 8.85. The fourth-order valence-electron chi connectivity index (χ4n) is 3.47. The van der Waals surface area contributed by atoms with Gasteiger partial charge >= 0.3 is 0 Å². The second-order valence-corrected chi connectivity index (χ2v) is 7.14. The van der Waals surface area contributed by atoms with Gasteiger partial charge in [-0.3, -0.25) is 0 Å². The minimum atomic E-state index is 0.309. The van der Waals surface area contributed by atoms with Crippen LogP contribution in [0.1, 0.15) is 45.2 Å². The van der Waals surface area contributed by atoms with E-state index in [-0.39, 0.29) is 0 Å². The van der Waals surface area contributed by atoms with E-state index in [1.165, 1.54) is 24.2 Å². The molecule has 2 unspecified atom stereocenters. The molecule has 1 N–H and O–H groups in total. The lowest BCUT2D eigenvalue weighted by molar-refractivity contribution is 0.228. The summed E-state index contributed by atoms with van der Waals surface area (Å²) in [5, 5.41) is 4.60. The number of fused-ring (bicyclic) bond motifs is 1. The Morgan fingerprint density at radius 2 is 2.09 bits per heavy atom. The molecular weight excluding hydrogens is 286 g/mol. The average molecular weight is 315 g/mol. The largest absolute Gasteiger partial charge is 0.493 e. The molecule has 0 bridgehead atoms. The highest BCUT2D eigenvalue weighted by Gasteiger charge is 2.36. The second-order valence-electron chi connectivity index (χ2n) is 7.14. The summed E-state index contributed by atoms with van der Waals surface area (Å²) in [6.45, 7) is 10.8. The zero-order valence-electron chi connectivity index (χ0n) is 14.6. The van der Waals surface area contributed by atoms with E-state index < -0.39 is 0 Å². The first-order valence-corrected chi connectivity index (χ1v) is 8.94. The molecule has 0 aromatic heterocycles. The van der Waals surface area contributed by atoms with Crippen molar-refractivity contribution in [2.75, 3.05) is 26.2 Å². The third-order valence-corrected chi connectivity index (χ3v) is 4.68. The van der Waals surface area contributed by atoms with Gasteiger partial charge in [-0.1, -0.05) is 32.9 Å². The summed E-state index contributed by atoms with van der Waals surface area (Å²) in [6.07, 6.45) is 2.32. The number of hydrazone groups is 1. The van der Waals surface area contributed by atoms with Crippen molar-refractivity contribution in [1.82, 2.24) is 10.3 Å². The molecule has 1 fully saturated rings. The normalized spacial score (nSPS) is 24.3. The van der Waals surface area contributed by atoms with Crippen LogP contribution in [0.5, 0.6) is 5.75 Å². The summed E-state index contributed by atoms with van der Waals surface area (Å²) >= 11 is 0. The molecule has 126 valence electrons. The van der Waals surface area contributed by atoms with Crippen molar-refractivity contribution in [3.8, 4) is 5.75 Å². The monoisotopic (exact) mass is 315 g/mol. The first-order valence-electron chi connectivity index (χ1n) is 8.94. The molecule has 0 aliphatic carbocycles. The van der Waals surface area contributed by atoms with Gasteiger partial charge < -0.3 is 15.1 Å². The lowest BCUT2D eigenvalue weighted by atomic mass is 9.86. The summed E-state index contributed by atoms with van der Waals surface area (Å²) in [5.74, 6) is 2.02. The van der Waals surface area contributed by atoms with Gasteiger partial charge in [-0.25, -0.2) is 0 Å². The highest BCUT2D eigenvalue weighted by atomic mass is 16.5. The van der Waals surface area contributed by atoms with Crippen LogP contribution >= 0.6 is 0 Å². The molecule has 1 saturated heterocycles. The number of hydrogen-bond donors (Lipinski definition) is 1. The molecule has 2 aliphatic rings. The van der Waals surface area contributed by atoms with E-state index in [1.807, 2.05) is 0 Å². The van der Waals surface area contributed by atoms with E-state index in [0.29, 0.717) is 17.9 Å². The van der Waals surface area contributed by atoms with Gasteiger partial charge in [-0.05, 0) is 36.6 Å². The van der Waals surface area contributed by atoms with Crippen molar-refractivity contribution in [3.05, 3.63) is 29.8 Å². The lowest BCUT2D eigenvalue weighted by Gasteiger charge is -2.33. The van der Waals surface area contributed by atoms with E-state index in [0.717, 1.165) is 31.9 Å². The molecule has 2 aliphatic heterocycles. The summed E-state index contributed by atoms with van der Waals surface area (Å²) < 4.78 is 5.78. The zero-order valence-corrected chi connectivity index (χ0v) is 14.6. The molecule has 4 heteroatoms. The van der Waals surface area contributed by atoms with Gasteiger partial charge in [-0.2, -0.15) is 5.10 Å². The Kier molecular flexibility index (Phi) is 5.21. The Labute approximate surface area is 139 Å². The minimum absolute atomic E-state index is 0.309. The van der Waals surface area contributed by atoms with Crippen LogP contribution in [0.2, 0.25) is 0 Å². The summed E-state index contributed by atoms with van der Waals surface area (Å²) in [4.78, 5) is 2.57. The first kappa shape index (κ1) is 16.3. The summed E-state index contributed by atoms with van der Waals surface area (Å²) in [7, 11) is 0. The third-order valence-electron chi connectivity index (χ3n) is 4.68. The molecular formula is C19H29N3O. The number of piperidine rings is 1. The minimum Gasteiger partial charge on any atom is -0.493 e. The second kappa shape index (κ2) is 7.35. The van der Waals surface area contributed by atoms with E-state index in [9.17, 15) is 0 Å². The Balaban J connectivity index is 1.65. The fraction of sp³-hybridized carbons (Fsp3) is 0.632. The summed E-state index contributed by atoms with van der Waals surface area (Å²) in [5.41, 5.74) is 6.03. The molecule has 1 aromatic rings. The molecule has 1 aromatic carbocycles. The number of ether oxygens (including phenoxy) is 1. The molecule has 23 heavy (non-hydrogen) atoms. The molecule has 0 saturated carbocycles. The van der Waals surface area contributed by atoms with E-state index in [2.05, 4.69) is 60.5 Å². The molecule has 3 rings (SSSR count). The van der Waals surface area contributed by atoms with E-state index in [1.54, 1.807) is 0 Å². The average Bonchev–Trinajstić information content (AvgIpc) is 2.97.